The van der Waals surface area contributed by atoms with Gasteiger partial charge in [-0.3, -0.25) is 4.68 Å². The molecule has 0 aromatic carbocycles. The van der Waals surface area contributed by atoms with Gasteiger partial charge in [-0.15, -0.1) is 0 Å². The van der Waals surface area contributed by atoms with Crippen molar-refractivity contribution in [3.05, 3.63) is 17.5 Å². The summed E-state index contributed by atoms with van der Waals surface area (Å²) in [5.41, 5.74) is 3.41. The molecule has 2 saturated carbocycles. The van der Waals surface area contributed by atoms with Crippen LogP contribution in [0, 0.1) is 11.3 Å². The Bertz CT molecular complexity index is 459. The smallest absolute Gasteiger partial charge is 0.0722 e. The molecule has 1 heterocycles. The summed E-state index contributed by atoms with van der Waals surface area (Å²) < 4.78 is 1.95. The predicted octanol–water partition coefficient (Wildman–Crippen LogP) is 3.00. The third-order valence-electron chi connectivity index (χ3n) is 4.74. The molecule has 19 heavy (non-hydrogen) atoms. The van der Waals surface area contributed by atoms with Gasteiger partial charge in [0, 0.05) is 37.3 Å². The van der Waals surface area contributed by atoms with E-state index in [1.807, 2.05) is 11.7 Å². The Morgan fingerprint density at radius 1 is 1.37 bits per heavy atom. The van der Waals surface area contributed by atoms with E-state index in [-0.39, 0.29) is 5.41 Å². The van der Waals surface area contributed by atoms with Gasteiger partial charge in [-0.05, 0) is 37.0 Å². The molecule has 2 fully saturated rings. The van der Waals surface area contributed by atoms with Crippen molar-refractivity contribution in [1.29, 1.82) is 0 Å². The predicted molar refractivity (Wildman–Crippen MR) is 78.0 cm³/mol. The van der Waals surface area contributed by atoms with Gasteiger partial charge in [0.05, 0.1) is 5.69 Å². The molecule has 1 N–H and O–H groups in total. The topological polar surface area (TPSA) is 29.9 Å². The molecule has 3 heteroatoms. The van der Waals surface area contributed by atoms with Crippen molar-refractivity contribution < 1.29 is 0 Å². The van der Waals surface area contributed by atoms with Gasteiger partial charge in [-0.25, -0.2) is 0 Å². The second-order valence-electron chi connectivity index (χ2n) is 7.67. The Kier molecular flexibility index (Phi) is 3.01. The summed E-state index contributed by atoms with van der Waals surface area (Å²) >= 11 is 0. The van der Waals surface area contributed by atoms with Crippen molar-refractivity contribution in [3.8, 4) is 0 Å². The maximum Gasteiger partial charge on any atom is 0.0722 e. The van der Waals surface area contributed by atoms with Crippen LogP contribution in [0.2, 0.25) is 0 Å². The summed E-state index contributed by atoms with van der Waals surface area (Å²) in [6.45, 7) is 8.90. The first-order chi connectivity index (χ1) is 8.91. The highest BCUT2D eigenvalue weighted by molar-refractivity contribution is 5.24. The quantitative estimate of drug-likeness (QED) is 0.883. The minimum Gasteiger partial charge on any atom is -0.312 e. The van der Waals surface area contributed by atoms with Gasteiger partial charge in [-0.2, -0.15) is 5.10 Å². The van der Waals surface area contributed by atoms with Crippen molar-refractivity contribution in [3.63, 3.8) is 0 Å². The first kappa shape index (κ1) is 13.2. The molecule has 0 radical (unpaired) electrons. The molecular weight excluding hydrogens is 234 g/mol. The highest BCUT2D eigenvalue weighted by Crippen LogP contribution is 2.60. The maximum absolute atomic E-state index is 4.64. The summed E-state index contributed by atoms with van der Waals surface area (Å²) in [4.78, 5) is 0. The summed E-state index contributed by atoms with van der Waals surface area (Å²) in [6.07, 6.45) is 8.02. The van der Waals surface area contributed by atoms with Crippen molar-refractivity contribution in [2.75, 3.05) is 6.54 Å². The first-order valence-electron chi connectivity index (χ1n) is 7.64. The van der Waals surface area contributed by atoms with Gasteiger partial charge < -0.3 is 5.32 Å². The molecular formula is C16H27N3. The van der Waals surface area contributed by atoms with Crippen LogP contribution in [0.5, 0.6) is 0 Å². The zero-order valence-corrected chi connectivity index (χ0v) is 12.8. The zero-order chi connectivity index (χ0) is 13.7. The van der Waals surface area contributed by atoms with Gasteiger partial charge in [0.1, 0.15) is 0 Å². The lowest BCUT2D eigenvalue weighted by atomic mass is 9.89. The lowest BCUT2D eigenvalue weighted by Gasteiger charge is -2.19. The number of rotatable bonds is 5. The van der Waals surface area contributed by atoms with Gasteiger partial charge in [-0.1, -0.05) is 20.8 Å². The van der Waals surface area contributed by atoms with Crippen LogP contribution < -0.4 is 5.32 Å². The molecule has 0 spiro atoms. The zero-order valence-electron chi connectivity index (χ0n) is 12.8. The van der Waals surface area contributed by atoms with E-state index in [0.29, 0.717) is 5.41 Å². The first-order valence-corrected chi connectivity index (χ1v) is 7.64. The van der Waals surface area contributed by atoms with Crippen LogP contribution in [0.25, 0.3) is 0 Å². The van der Waals surface area contributed by atoms with E-state index < -0.39 is 0 Å². The maximum atomic E-state index is 4.64. The van der Waals surface area contributed by atoms with Gasteiger partial charge in [0.2, 0.25) is 0 Å². The number of aromatic nitrogens is 2. The van der Waals surface area contributed by atoms with E-state index >= 15 is 0 Å². The Morgan fingerprint density at radius 3 is 2.58 bits per heavy atom. The van der Waals surface area contributed by atoms with Gasteiger partial charge >= 0.3 is 0 Å². The fourth-order valence-electron chi connectivity index (χ4n) is 3.33. The third-order valence-corrected chi connectivity index (χ3v) is 4.74. The Labute approximate surface area is 116 Å². The van der Waals surface area contributed by atoms with E-state index in [1.165, 1.54) is 43.5 Å². The third kappa shape index (κ3) is 2.71. The fraction of sp³-hybridized carbons (Fsp3) is 0.812. The molecule has 0 amide bonds. The van der Waals surface area contributed by atoms with Crippen LogP contribution in [0.3, 0.4) is 0 Å². The van der Waals surface area contributed by atoms with Crippen LogP contribution >= 0.6 is 0 Å². The Morgan fingerprint density at radius 2 is 2.05 bits per heavy atom. The van der Waals surface area contributed by atoms with Crippen molar-refractivity contribution in [2.24, 2.45) is 18.4 Å². The summed E-state index contributed by atoms with van der Waals surface area (Å²) in [7, 11) is 2.02. The largest absolute Gasteiger partial charge is 0.312 e. The minimum absolute atomic E-state index is 0.131. The molecule has 0 aliphatic heterocycles. The second-order valence-corrected chi connectivity index (χ2v) is 7.67. The van der Waals surface area contributed by atoms with Gasteiger partial charge in [0.25, 0.3) is 0 Å². The van der Waals surface area contributed by atoms with Crippen molar-refractivity contribution in [1.82, 2.24) is 15.1 Å². The number of hydrogen-bond acceptors (Lipinski definition) is 2. The molecule has 0 atom stereocenters. The summed E-state index contributed by atoms with van der Waals surface area (Å²) in [6, 6.07) is 0. The number of hydrogen-bond donors (Lipinski definition) is 1. The monoisotopic (exact) mass is 261 g/mol. The average Bonchev–Trinajstić information content (AvgIpc) is 3.17. The molecule has 3 nitrogen and oxygen atoms in total. The van der Waals surface area contributed by atoms with Crippen LogP contribution in [-0.4, -0.2) is 16.3 Å². The molecule has 1 aromatic rings. The number of aryl methyl sites for hydroxylation is 1. The van der Waals surface area contributed by atoms with E-state index in [1.54, 1.807) is 0 Å². The minimum atomic E-state index is 0.131. The molecule has 0 unspecified atom stereocenters. The van der Waals surface area contributed by atoms with E-state index in [4.69, 9.17) is 0 Å². The lowest BCUT2D eigenvalue weighted by molar-refractivity contribution is 0.402. The summed E-state index contributed by atoms with van der Waals surface area (Å²) in [5, 5.41) is 8.34. The van der Waals surface area contributed by atoms with Crippen LogP contribution in [-0.2, 0) is 19.0 Å². The molecule has 2 aliphatic rings. The van der Waals surface area contributed by atoms with Crippen molar-refractivity contribution in [2.45, 2.75) is 58.4 Å². The van der Waals surface area contributed by atoms with Crippen LogP contribution in [0.4, 0.5) is 0 Å². The van der Waals surface area contributed by atoms with E-state index in [0.717, 1.165) is 12.5 Å². The van der Waals surface area contributed by atoms with E-state index in [9.17, 15) is 0 Å². The lowest BCUT2D eigenvalue weighted by Crippen LogP contribution is -2.26. The molecule has 3 rings (SSSR count). The SMILES string of the molecule is Cn1cc(CNCC2(C3CC3)CC2)c(C(C)(C)C)n1. The Balaban J connectivity index is 1.60. The van der Waals surface area contributed by atoms with E-state index in [2.05, 4.69) is 37.4 Å². The fourth-order valence-corrected chi connectivity index (χ4v) is 3.33. The standard InChI is InChI=1S/C16H27N3/c1-15(2,3)14-12(10-19(4)18-14)9-17-11-16(7-8-16)13-5-6-13/h10,13,17H,5-9,11H2,1-4H3. The average molecular weight is 261 g/mol. The molecule has 0 saturated heterocycles. The van der Waals surface area contributed by atoms with Crippen LogP contribution in [0.1, 0.15) is 57.7 Å². The summed E-state index contributed by atoms with van der Waals surface area (Å²) in [5.74, 6) is 1.04. The van der Waals surface area contributed by atoms with Gasteiger partial charge in [0.15, 0.2) is 0 Å². The number of nitrogens with one attached hydrogen (secondary N) is 1. The highest BCUT2D eigenvalue weighted by Gasteiger charge is 2.53. The molecule has 2 aliphatic carbocycles. The highest BCUT2D eigenvalue weighted by atomic mass is 15.3. The second kappa shape index (κ2) is 4.34. The number of nitrogens with zero attached hydrogens (tertiary/aromatic N) is 2. The normalized spacial score (nSPS) is 21.7. The van der Waals surface area contributed by atoms with Crippen LogP contribution in [0.15, 0.2) is 6.20 Å². The van der Waals surface area contributed by atoms with Crippen molar-refractivity contribution >= 4 is 0 Å². The molecule has 1 aromatic heterocycles. The molecule has 0 bridgehead atoms. The Hall–Kier alpha value is -0.830. The molecule has 106 valence electrons.